The number of rotatable bonds is 3. The first-order valence-electron chi connectivity index (χ1n) is 6.34. The highest BCUT2D eigenvalue weighted by molar-refractivity contribution is 5.85. The number of hydrogen-bond acceptors (Lipinski definition) is 1. The zero-order valence-corrected chi connectivity index (χ0v) is 11.0. The zero-order valence-electron chi connectivity index (χ0n) is 11.0. The van der Waals surface area contributed by atoms with Gasteiger partial charge in [-0.15, -0.1) is 0 Å². The van der Waals surface area contributed by atoms with Crippen molar-refractivity contribution in [1.29, 1.82) is 0 Å². The van der Waals surface area contributed by atoms with Crippen molar-refractivity contribution in [2.45, 2.75) is 39.0 Å². The maximum Gasteiger partial charge on any atom is 0.0459 e. The van der Waals surface area contributed by atoms with Crippen LogP contribution >= 0.6 is 0 Å². The molecule has 0 fully saturated rings. The summed E-state index contributed by atoms with van der Waals surface area (Å²) in [6.45, 7) is 7.51. The minimum Gasteiger partial charge on any atom is -0.358 e. The van der Waals surface area contributed by atoms with E-state index in [0.29, 0.717) is 0 Å². The molecular formula is C15H22N2. The second-order valence-corrected chi connectivity index (χ2v) is 5.67. The van der Waals surface area contributed by atoms with Crippen LogP contribution in [-0.2, 0) is 11.8 Å². The number of H-pyrrole nitrogens is 1. The highest BCUT2D eigenvalue weighted by Crippen LogP contribution is 2.31. The quantitative estimate of drug-likeness (QED) is 0.834. The summed E-state index contributed by atoms with van der Waals surface area (Å²) < 4.78 is 0. The summed E-state index contributed by atoms with van der Waals surface area (Å²) in [6, 6.07) is 8.54. The molecule has 0 saturated heterocycles. The van der Waals surface area contributed by atoms with E-state index in [1.807, 2.05) is 0 Å². The summed E-state index contributed by atoms with van der Waals surface area (Å²) in [7, 11) is 0. The van der Waals surface area contributed by atoms with Gasteiger partial charge in [0.05, 0.1) is 0 Å². The summed E-state index contributed by atoms with van der Waals surface area (Å²) in [6.07, 6.45) is 2.11. The molecule has 1 heterocycles. The van der Waals surface area contributed by atoms with Gasteiger partial charge in [-0.1, -0.05) is 39.0 Å². The van der Waals surface area contributed by atoms with Gasteiger partial charge < -0.3 is 10.7 Å². The van der Waals surface area contributed by atoms with E-state index in [-0.39, 0.29) is 5.41 Å². The summed E-state index contributed by atoms with van der Waals surface area (Å²) in [5, 5.41) is 1.35. The van der Waals surface area contributed by atoms with E-state index in [9.17, 15) is 0 Å². The van der Waals surface area contributed by atoms with Gasteiger partial charge in [-0.05, 0) is 31.0 Å². The smallest absolute Gasteiger partial charge is 0.0459 e. The molecule has 92 valence electrons. The lowest BCUT2D eigenvalue weighted by Crippen LogP contribution is -2.14. The summed E-state index contributed by atoms with van der Waals surface area (Å²) in [5.41, 5.74) is 9.83. The zero-order chi connectivity index (χ0) is 12.5. The highest BCUT2D eigenvalue weighted by atomic mass is 14.7. The average molecular weight is 230 g/mol. The van der Waals surface area contributed by atoms with Gasteiger partial charge >= 0.3 is 0 Å². The molecule has 1 aromatic carbocycles. The van der Waals surface area contributed by atoms with Crippen molar-refractivity contribution < 1.29 is 0 Å². The van der Waals surface area contributed by atoms with E-state index in [1.165, 1.54) is 22.2 Å². The molecule has 0 aliphatic carbocycles. The predicted octanol–water partition coefficient (Wildman–Crippen LogP) is 3.36. The van der Waals surface area contributed by atoms with Crippen LogP contribution in [0.25, 0.3) is 10.9 Å². The molecule has 0 amide bonds. The lowest BCUT2D eigenvalue weighted by atomic mass is 9.87. The molecule has 0 radical (unpaired) electrons. The van der Waals surface area contributed by atoms with Crippen molar-refractivity contribution in [3.05, 3.63) is 35.5 Å². The van der Waals surface area contributed by atoms with E-state index < -0.39 is 0 Å². The second kappa shape index (κ2) is 4.53. The number of benzene rings is 1. The van der Waals surface area contributed by atoms with Crippen molar-refractivity contribution in [2.75, 3.05) is 6.54 Å². The maximum absolute atomic E-state index is 5.64. The first-order valence-corrected chi connectivity index (χ1v) is 6.34. The molecule has 0 aliphatic rings. The molecule has 3 N–H and O–H groups in total. The topological polar surface area (TPSA) is 41.8 Å². The lowest BCUT2D eigenvalue weighted by Gasteiger charge is -2.19. The number of aromatic nitrogens is 1. The molecule has 0 spiro atoms. The number of nitrogens with one attached hydrogen (secondary N) is 1. The molecule has 0 bridgehead atoms. The molecule has 0 atom stereocenters. The van der Waals surface area contributed by atoms with Crippen LogP contribution < -0.4 is 5.73 Å². The van der Waals surface area contributed by atoms with Crippen LogP contribution in [0.1, 0.15) is 38.4 Å². The fourth-order valence-corrected chi connectivity index (χ4v) is 2.38. The van der Waals surface area contributed by atoms with Gasteiger partial charge in [0, 0.05) is 22.0 Å². The molecular weight excluding hydrogens is 208 g/mol. The van der Waals surface area contributed by atoms with E-state index >= 15 is 0 Å². The van der Waals surface area contributed by atoms with Crippen molar-refractivity contribution in [1.82, 2.24) is 4.98 Å². The third kappa shape index (κ3) is 2.37. The van der Waals surface area contributed by atoms with Crippen molar-refractivity contribution >= 4 is 10.9 Å². The van der Waals surface area contributed by atoms with E-state index in [0.717, 1.165) is 19.4 Å². The van der Waals surface area contributed by atoms with Gasteiger partial charge in [0.2, 0.25) is 0 Å². The monoisotopic (exact) mass is 230 g/mol. The van der Waals surface area contributed by atoms with Crippen LogP contribution in [0.2, 0.25) is 0 Å². The Balaban J connectivity index is 2.57. The Hall–Kier alpha value is -1.28. The Kier molecular flexibility index (Phi) is 3.25. The Morgan fingerprint density at radius 2 is 1.88 bits per heavy atom. The normalized spacial score (nSPS) is 12.2. The third-order valence-electron chi connectivity index (χ3n) is 3.19. The minimum absolute atomic E-state index is 0.156. The molecule has 1 aromatic heterocycles. The van der Waals surface area contributed by atoms with E-state index in [1.54, 1.807) is 0 Å². The van der Waals surface area contributed by atoms with Crippen LogP contribution in [0.3, 0.4) is 0 Å². The van der Waals surface area contributed by atoms with Crippen LogP contribution in [0, 0.1) is 0 Å². The van der Waals surface area contributed by atoms with Crippen LogP contribution in [0.5, 0.6) is 0 Å². The Morgan fingerprint density at radius 3 is 2.53 bits per heavy atom. The van der Waals surface area contributed by atoms with Gasteiger partial charge in [-0.3, -0.25) is 0 Å². The Morgan fingerprint density at radius 1 is 1.18 bits per heavy atom. The number of aryl methyl sites for hydroxylation is 1. The molecule has 0 unspecified atom stereocenters. The summed E-state index contributed by atoms with van der Waals surface area (Å²) in [5.74, 6) is 0. The number of para-hydroxylation sites is 1. The molecule has 0 saturated carbocycles. The SMILES string of the molecule is CC(C)(C)c1[nH]c2ccccc2c1CCCN. The molecule has 2 nitrogen and oxygen atoms in total. The van der Waals surface area contributed by atoms with Crippen molar-refractivity contribution in [3.8, 4) is 0 Å². The number of hydrogen-bond donors (Lipinski definition) is 2. The molecule has 2 heteroatoms. The fourth-order valence-electron chi connectivity index (χ4n) is 2.38. The molecule has 0 aliphatic heterocycles. The van der Waals surface area contributed by atoms with E-state index in [2.05, 4.69) is 50.0 Å². The standard InChI is InChI=1S/C15H22N2/c1-15(2,3)14-12(8-6-10-16)11-7-4-5-9-13(11)17-14/h4-5,7,9,17H,6,8,10,16H2,1-3H3. The predicted molar refractivity (Wildman–Crippen MR) is 74.4 cm³/mol. The van der Waals surface area contributed by atoms with Gasteiger partial charge in [0.1, 0.15) is 0 Å². The van der Waals surface area contributed by atoms with Crippen molar-refractivity contribution in [2.24, 2.45) is 5.73 Å². The van der Waals surface area contributed by atoms with Crippen LogP contribution in [-0.4, -0.2) is 11.5 Å². The summed E-state index contributed by atoms with van der Waals surface area (Å²) >= 11 is 0. The maximum atomic E-state index is 5.64. The fraction of sp³-hybridized carbons (Fsp3) is 0.467. The number of nitrogens with two attached hydrogens (primary N) is 1. The Labute approximate surface area is 103 Å². The largest absolute Gasteiger partial charge is 0.358 e. The average Bonchev–Trinajstić information content (AvgIpc) is 2.65. The molecule has 2 rings (SSSR count). The van der Waals surface area contributed by atoms with Gasteiger partial charge in [-0.25, -0.2) is 0 Å². The minimum atomic E-state index is 0.156. The van der Waals surface area contributed by atoms with Crippen LogP contribution in [0.4, 0.5) is 0 Å². The van der Waals surface area contributed by atoms with Crippen LogP contribution in [0.15, 0.2) is 24.3 Å². The first kappa shape index (κ1) is 12.2. The third-order valence-corrected chi connectivity index (χ3v) is 3.19. The molecule has 17 heavy (non-hydrogen) atoms. The number of fused-ring (bicyclic) bond motifs is 1. The summed E-state index contributed by atoms with van der Waals surface area (Å²) in [4.78, 5) is 3.57. The second-order valence-electron chi connectivity index (χ2n) is 5.67. The molecule has 2 aromatic rings. The first-order chi connectivity index (χ1) is 8.04. The van der Waals surface area contributed by atoms with Gasteiger partial charge in [-0.2, -0.15) is 0 Å². The van der Waals surface area contributed by atoms with Gasteiger partial charge in [0.15, 0.2) is 0 Å². The highest BCUT2D eigenvalue weighted by Gasteiger charge is 2.21. The van der Waals surface area contributed by atoms with Gasteiger partial charge in [0.25, 0.3) is 0 Å². The lowest BCUT2D eigenvalue weighted by molar-refractivity contribution is 0.565. The number of aromatic amines is 1. The van der Waals surface area contributed by atoms with E-state index in [4.69, 9.17) is 5.73 Å². The Bertz CT molecular complexity index is 503. The van der Waals surface area contributed by atoms with Crippen molar-refractivity contribution in [3.63, 3.8) is 0 Å².